The molecule has 3 heterocycles. The number of amidine groups is 1. The molecule has 0 spiro atoms. The highest BCUT2D eigenvalue weighted by Crippen LogP contribution is 2.42. The van der Waals surface area contributed by atoms with Crippen LogP contribution < -0.4 is 9.64 Å². The lowest BCUT2D eigenvalue weighted by molar-refractivity contribution is -0.135. The van der Waals surface area contributed by atoms with Gasteiger partial charge in [-0.15, -0.1) is 17.0 Å². The Labute approximate surface area is 210 Å². The zero-order chi connectivity index (χ0) is 23.9. The highest BCUT2D eigenvalue weighted by molar-refractivity contribution is 8.93. The Kier molecular flexibility index (Phi) is 7.35. The second kappa shape index (κ2) is 9.74. The van der Waals surface area contributed by atoms with Crippen LogP contribution >= 0.6 is 17.0 Å². The van der Waals surface area contributed by atoms with Crippen molar-refractivity contribution in [3.05, 3.63) is 52.3 Å². The number of carbonyl (C=O) groups excluding carboxylic acids is 1. The van der Waals surface area contributed by atoms with Crippen molar-refractivity contribution >= 4 is 40.3 Å². The number of rotatable bonds is 6. The van der Waals surface area contributed by atoms with Crippen molar-refractivity contribution in [2.75, 3.05) is 31.1 Å². The Bertz CT molecular complexity index is 1140. The lowest BCUT2D eigenvalue weighted by Gasteiger charge is -2.34. The second-order valence-corrected chi connectivity index (χ2v) is 9.58. The van der Waals surface area contributed by atoms with E-state index in [1.165, 1.54) is 0 Å². The molecular formula is C25H31BrN4O4. The van der Waals surface area contributed by atoms with Crippen LogP contribution in [0, 0.1) is 5.41 Å². The van der Waals surface area contributed by atoms with Crippen molar-refractivity contribution in [2.24, 2.45) is 0 Å². The number of carboxylic acid groups (broad SMARTS) is 1. The van der Waals surface area contributed by atoms with Crippen LogP contribution in [0.1, 0.15) is 60.6 Å². The normalized spacial score (nSPS) is 14.8. The van der Waals surface area contributed by atoms with Gasteiger partial charge in [-0.1, -0.05) is 33.8 Å². The molecule has 34 heavy (non-hydrogen) atoms. The zero-order valence-electron chi connectivity index (χ0n) is 20.0. The standard InChI is InChI=1S/C25H30N4O4.BrH/c1-5-17-7-6-15-12-29(24(26)22(15)27-17)13-20(30)16-10-18(25(2,3)4)23-19(11-16)28(8-9-33-23)14-21(31)32;/h6-7,10-11,26H,5,8-9,12-14H2,1-4H3,(H,31,32);1H. The quantitative estimate of drug-likeness (QED) is 0.546. The molecule has 2 aliphatic rings. The number of aromatic nitrogens is 1. The zero-order valence-corrected chi connectivity index (χ0v) is 21.7. The van der Waals surface area contributed by atoms with Crippen LogP contribution in [0.25, 0.3) is 0 Å². The van der Waals surface area contributed by atoms with Crippen LogP contribution in [0.15, 0.2) is 24.3 Å². The fraction of sp³-hybridized carbons (Fsp3) is 0.440. The molecule has 2 aliphatic heterocycles. The number of anilines is 1. The van der Waals surface area contributed by atoms with Crippen molar-refractivity contribution < 1.29 is 19.4 Å². The fourth-order valence-electron chi connectivity index (χ4n) is 4.32. The minimum absolute atomic E-state index is 0. The molecule has 9 heteroatoms. The van der Waals surface area contributed by atoms with Gasteiger partial charge < -0.3 is 19.6 Å². The van der Waals surface area contributed by atoms with E-state index in [9.17, 15) is 14.7 Å². The van der Waals surface area contributed by atoms with E-state index in [1.807, 2.05) is 45.9 Å². The van der Waals surface area contributed by atoms with Gasteiger partial charge in [0.2, 0.25) is 0 Å². The maximum Gasteiger partial charge on any atom is 0.323 e. The largest absolute Gasteiger partial charge is 0.489 e. The van der Waals surface area contributed by atoms with Gasteiger partial charge in [-0.2, -0.15) is 0 Å². The van der Waals surface area contributed by atoms with Gasteiger partial charge in [-0.25, -0.2) is 4.98 Å². The molecule has 4 rings (SSSR count). The lowest BCUT2D eigenvalue weighted by Crippen LogP contribution is -2.38. The number of aryl methyl sites for hydroxylation is 1. The molecule has 182 valence electrons. The number of benzene rings is 1. The van der Waals surface area contributed by atoms with Gasteiger partial charge in [0, 0.05) is 28.9 Å². The summed E-state index contributed by atoms with van der Waals surface area (Å²) in [5.74, 6) is -0.154. The van der Waals surface area contributed by atoms with Crippen LogP contribution in [0.3, 0.4) is 0 Å². The van der Waals surface area contributed by atoms with Crippen molar-refractivity contribution in [1.29, 1.82) is 5.41 Å². The summed E-state index contributed by atoms with van der Waals surface area (Å²) in [6.45, 7) is 9.36. The van der Waals surface area contributed by atoms with Crippen LogP contribution in [0.2, 0.25) is 0 Å². The van der Waals surface area contributed by atoms with Crippen LogP contribution in [0.4, 0.5) is 5.69 Å². The Morgan fingerprint density at radius 2 is 1.91 bits per heavy atom. The number of aliphatic carboxylic acids is 1. The number of hydrogen-bond acceptors (Lipinski definition) is 6. The third kappa shape index (κ3) is 4.94. The third-order valence-electron chi connectivity index (χ3n) is 6.11. The Morgan fingerprint density at radius 3 is 2.56 bits per heavy atom. The summed E-state index contributed by atoms with van der Waals surface area (Å²) in [7, 11) is 0. The number of nitrogens with zero attached hydrogens (tertiary/aromatic N) is 3. The number of Topliss-reactive ketones (excluding diaryl/α,β-unsaturated/α-hetero) is 1. The summed E-state index contributed by atoms with van der Waals surface area (Å²) >= 11 is 0. The van der Waals surface area contributed by atoms with Gasteiger partial charge in [-0.3, -0.25) is 15.0 Å². The highest BCUT2D eigenvalue weighted by Gasteiger charge is 2.32. The number of pyridine rings is 1. The van der Waals surface area contributed by atoms with E-state index >= 15 is 0 Å². The Morgan fingerprint density at radius 1 is 1.18 bits per heavy atom. The number of fused-ring (bicyclic) bond motifs is 2. The molecule has 0 saturated carbocycles. The first-order chi connectivity index (χ1) is 15.6. The first-order valence-electron chi connectivity index (χ1n) is 11.2. The minimum atomic E-state index is -0.931. The summed E-state index contributed by atoms with van der Waals surface area (Å²) in [6.07, 6.45) is 0.791. The lowest BCUT2D eigenvalue weighted by atomic mass is 9.84. The maximum absolute atomic E-state index is 13.4. The number of ether oxygens (including phenoxy) is 1. The van der Waals surface area contributed by atoms with Crippen molar-refractivity contribution in [3.8, 4) is 5.75 Å². The number of carbonyl (C=O) groups is 2. The Hall–Kier alpha value is -2.94. The van der Waals surface area contributed by atoms with Gasteiger partial charge in [0.1, 0.15) is 30.4 Å². The van der Waals surface area contributed by atoms with E-state index in [0.29, 0.717) is 42.4 Å². The molecule has 0 saturated heterocycles. The van der Waals surface area contributed by atoms with E-state index in [4.69, 9.17) is 10.1 Å². The monoisotopic (exact) mass is 530 g/mol. The number of nitrogens with one attached hydrogen (secondary N) is 1. The summed E-state index contributed by atoms with van der Waals surface area (Å²) in [5.41, 5.74) is 4.21. The molecule has 0 atom stereocenters. The van der Waals surface area contributed by atoms with Crippen molar-refractivity contribution in [3.63, 3.8) is 0 Å². The summed E-state index contributed by atoms with van der Waals surface area (Å²) < 4.78 is 5.94. The van der Waals surface area contributed by atoms with Gasteiger partial charge in [-0.05, 0) is 30.0 Å². The smallest absolute Gasteiger partial charge is 0.323 e. The van der Waals surface area contributed by atoms with Gasteiger partial charge in [0.05, 0.1) is 18.8 Å². The van der Waals surface area contributed by atoms with Gasteiger partial charge >= 0.3 is 5.97 Å². The number of hydrogen-bond donors (Lipinski definition) is 2. The van der Waals surface area contributed by atoms with E-state index in [-0.39, 0.29) is 47.1 Å². The molecule has 0 bridgehead atoms. The fourth-order valence-corrected chi connectivity index (χ4v) is 4.32. The number of carboxylic acids is 1. The average molecular weight is 531 g/mol. The van der Waals surface area contributed by atoms with Crippen LogP contribution in [-0.4, -0.2) is 58.8 Å². The molecule has 2 aromatic rings. The SMILES string of the molecule is Br.CCc1ccc2c(n1)C(=N)N(CC(=O)c1cc3c(c(C(C)(C)C)c1)OCCN3CC(=O)O)C2. The molecular weight excluding hydrogens is 500 g/mol. The van der Waals surface area contributed by atoms with Crippen molar-refractivity contribution in [1.82, 2.24) is 9.88 Å². The minimum Gasteiger partial charge on any atom is -0.489 e. The molecule has 0 unspecified atom stereocenters. The van der Waals surface area contributed by atoms with Gasteiger partial charge in [0.25, 0.3) is 0 Å². The summed E-state index contributed by atoms with van der Waals surface area (Å²) in [6, 6.07) is 7.53. The second-order valence-electron chi connectivity index (χ2n) is 9.58. The predicted octanol–water partition coefficient (Wildman–Crippen LogP) is 3.83. The molecule has 0 fully saturated rings. The number of halogens is 1. The highest BCUT2D eigenvalue weighted by atomic mass is 79.9. The molecule has 0 amide bonds. The maximum atomic E-state index is 13.4. The summed E-state index contributed by atoms with van der Waals surface area (Å²) in [5, 5.41) is 17.9. The van der Waals surface area contributed by atoms with Crippen molar-refractivity contribution in [2.45, 2.75) is 46.1 Å². The Balaban J connectivity index is 0.00000324. The van der Waals surface area contributed by atoms with E-state index < -0.39 is 5.97 Å². The first kappa shape index (κ1) is 25.7. The average Bonchev–Trinajstić information content (AvgIpc) is 3.06. The van der Waals surface area contributed by atoms with Crippen LogP contribution in [-0.2, 0) is 23.2 Å². The third-order valence-corrected chi connectivity index (χ3v) is 6.11. The predicted molar refractivity (Wildman–Crippen MR) is 136 cm³/mol. The molecule has 8 nitrogen and oxygen atoms in total. The molecule has 0 radical (unpaired) electrons. The topological polar surface area (TPSA) is 107 Å². The molecule has 2 N–H and O–H groups in total. The van der Waals surface area contributed by atoms with Crippen LogP contribution in [0.5, 0.6) is 5.75 Å². The van der Waals surface area contributed by atoms with E-state index in [1.54, 1.807) is 15.9 Å². The number of ketones is 1. The molecule has 1 aromatic heterocycles. The first-order valence-corrected chi connectivity index (χ1v) is 11.2. The van der Waals surface area contributed by atoms with E-state index in [2.05, 4.69) is 4.98 Å². The van der Waals surface area contributed by atoms with Gasteiger partial charge in [0.15, 0.2) is 5.78 Å². The molecule has 1 aromatic carbocycles. The van der Waals surface area contributed by atoms with E-state index in [0.717, 1.165) is 23.2 Å². The summed E-state index contributed by atoms with van der Waals surface area (Å²) in [4.78, 5) is 32.8. The molecule has 0 aliphatic carbocycles.